The number of benzene rings is 2. The highest BCUT2D eigenvalue weighted by Gasteiger charge is 2.40. The largest absolute Gasteiger partial charge is 0.384 e. The Bertz CT molecular complexity index is 2490. The summed E-state index contributed by atoms with van der Waals surface area (Å²) in [5, 5.41) is 10.5. The SMILES string of the molecule is CC(=O)N1CCn2c(C3CCOCC3)nc(-c3cccc4cc(-c5ccc(C(=O)NCCCNc6cccc7c6C(=O)N(C6CCC(=O)NC6=O)C7)nc5)ncc34)c2C1. The molecule has 1 unspecified atom stereocenters. The number of imide groups is 1. The van der Waals surface area contributed by atoms with E-state index in [9.17, 15) is 24.0 Å². The van der Waals surface area contributed by atoms with Gasteiger partial charge in [-0.05, 0) is 60.9 Å². The third-order valence-electron chi connectivity index (χ3n) is 11.9. The average molecular weight is 796 g/mol. The number of fused-ring (bicyclic) bond motifs is 3. The van der Waals surface area contributed by atoms with Crippen molar-refractivity contribution < 1.29 is 28.7 Å². The van der Waals surface area contributed by atoms with Crippen molar-refractivity contribution in [3.63, 3.8) is 0 Å². The molecule has 7 heterocycles. The summed E-state index contributed by atoms with van der Waals surface area (Å²) in [5.41, 5.74) is 6.74. The van der Waals surface area contributed by atoms with Crippen LogP contribution in [0.2, 0.25) is 0 Å². The van der Waals surface area contributed by atoms with E-state index in [1.54, 1.807) is 19.2 Å². The quantitative estimate of drug-likeness (QED) is 0.135. The molecule has 5 amide bonds. The van der Waals surface area contributed by atoms with E-state index in [2.05, 4.69) is 37.6 Å². The van der Waals surface area contributed by atoms with Gasteiger partial charge < -0.3 is 29.7 Å². The van der Waals surface area contributed by atoms with Gasteiger partial charge in [0.15, 0.2) is 0 Å². The Kier molecular flexibility index (Phi) is 10.4. The summed E-state index contributed by atoms with van der Waals surface area (Å²) in [4.78, 5) is 80.9. The lowest BCUT2D eigenvalue weighted by molar-refractivity contribution is -0.137. The minimum atomic E-state index is -0.673. The van der Waals surface area contributed by atoms with Crippen LogP contribution in [0.1, 0.15) is 82.9 Å². The fourth-order valence-electron chi connectivity index (χ4n) is 8.73. The van der Waals surface area contributed by atoms with Gasteiger partial charge in [0, 0.05) is 99.8 Å². The predicted octanol–water partition coefficient (Wildman–Crippen LogP) is 4.41. The molecule has 0 radical (unpaired) electrons. The first-order valence-electron chi connectivity index (χ1n) is 20.3. The molecule has 9 rings (SSSR count). The van der Waals surface area contributed by atoms with Crippen LogP contribution in [0.4, 0.5) is 5.69 Å². The Morgan fingerprint density at radius 1 is 0.932 bits per heavy atom. The maximum absolute atomic E-state index is 13.4. The van der Waals surface area contributed by atoms with Gasteiger partial charge in [0.2, 0.25) is 17.7 Å². The van der Waals surface area contributed by atoms with Gasteiger partial charge in [-0.15, -0.1) is 0 Å². The lowest BCUT2D eigenvalue weighted by atomic mass is 9.99. The molecule has 0 spiro atoms. The summed E-state index contributed by atoms with van der Waals surface area (Å²) in [5.74, 6) is 0.150. The van der Waals surface area contributed by atoms with Crippen LogP contribution < -0.4 is 16.0 Å². The molecule has 0 saturated carbocycles. The molecule has 302 valence electrons. The van der Waals surface area contributed by atoms with E-state index in [0.717, 1.165) is 83.0 Å². The monoisotopic (exact) mass is 795 g/mol. The van der Waals surface area contributed by atoms with Gasteiger partial charge >= 0.3 is 0 Å². The van der Waals surface area contributed by atoms with Crippen LogP contribution in [-0.2, 0) is 38.8 Å². The molecular weight excluding hydrogens is 751 g/mol. The number of imidazole rings is 1. The standard InChI is InChI=1S/C44H45N9O6/c1-26(54)51-17-18-52-37(25-51)40(50-41(52)27-13-19-59-20-14-27)31-7-2-5-28-21-35(48-23-32(28)31)29-9-10-34(47-22-29)42(56)46-16-4-15-45-33-8-3-6-30-24-53(44(58)39(30)33)36-11-12-38(55)49-43(36)57/h2-3,5-10,21-23,27,36,45H,4,11-20,24-25H2,1H3,(H,46,56)(H,49,55,57). The predicted molar refractivity (Wildman–Crippen MR) is 218 cm³/mol. The van der Waals surface area contributed by atoms with Crippen LogP contribution in [0.5, 0.6) is 0 Å². The number of carbonyl (C=O) groups excluding carboxylic acids is 5. The molecule has 2 aromatic carbocycles. The van der Waals surface area contributed by atoms with E-state index in [-0.39, 0.29) is 35.7 Å². The van der Waals surface area contributed by atoms with Gasteiger partial charge in [0.1, 0.15) is 17.6 Å². The smallest absolute Gasteiger partial charge is 0.269 e. The Balaban J connectivity index is 0.834. The second-order valence-corrected chi connectivity index (χ2v) is 15.5. The minimum Gasteiger partial charge on any atom is -0.384 e. The Morgan fingerprint density at radius 3 is 2.58 bits per heavy atom. The first-order valence-corrected chi connectivity index (χ1v) is 20.3. The van der Waals surface area contributed by atoms with Crippen molar-refractivity contribution in [1.82, 2.24) is 40.0 Å². The molecule has 3 aromatic heterocycles. The molecule has 5 aromatic rings. The van der Waals surface area contributed by atoms with E-state index in [1.165, 1.54) is 4.90 Å². The van der Waals surface area contributed by atoms with Crippen LogP contribution >= 0.6 is 0 Å². The van der Waals surface area contributed by atoms with E-state index in [1.807, 2.05) is 47.5 Å². The van der Waals surface area contributed by atoms with Gasteiger partial charge in [-0.3, -0.25) is 39.3 Å². The van der Waals surface area contributed by atoms with Gasteiger partial charge in [-0.2, -0.15) is 0 Å². The number of pyridine rings is 2. The highest BCUT2D eigenvalue weighted by molar-refractivity contribution is 6.08. The summed E-state index contributed by atoms with van der Waals surface area (Å²) in [7, 11) is 0. The van der Waals surface area contributed by atoms with Crippen molar-refractivity contribution in [1.29, 1.82) is 0 Å². The number of nitrogens with zero attached hydrogens (tertiary/aromatic N) is 6. The van der Waals surface area contributed by atoms with Gasteiger partial charge in [-0.1, -0.05) is 30.3 Å². The number of piperidine rings is 1. The summed E-state index contributed by atoms with van der Waals surface area (Å²) < 4.78 is 7.98. The van der Waals surface area contributed by atoms with E-state index >= 15 is 0 Å². The third-order valence-corrected chi connectivity index (χ3v) is 11.9. The van der Waals surface area contributed by atoms with Crippen molar-refractivity contribution in [3.05, 3.63) is 95.3 Å². The number of nitrogens with one attached hydrogen (secondary N) is 3. The maximum atomic E-state index is 13.4. The number of aromatic nitrogens is 4. The molecule has 3 N–H and O–H groups in total. The molecule has 4 aliphatic heterocycles. The van der Waals surface area contributed by atoms with E-state index in [0.29, 0.717) is 62.7 Å². The van der Waals surface area contributed by atoms with Crippen molar-refractivity contribution >= 4 is 46.0 Å². The molecular formula is C44H45N9O6. The third kappa shape index (κ3) is 7.42. The van der Waals surface area contributed by atoms with Crippen LogP contribution in [0.3, 0.4) is 0 Å². The van der Waals surface area contributed by atoms with Crippen molar-refractivity contribution in [2.45, 2.75) is 70.6 Å². The number of anilines is 1. The minimum absolute atomic E-state index is 0.0553. The van der Waals surface area contributed by atoms with Crippen LogP contribution in [-0.4, -0.2) is 97.7 Å². The molecule has 1 atom stereocenters. The van der Waals surface area contributed by atoms with Crippen molar-refractivity contribution in [3.8, 4) is 22.5 Å². The van der Waals surface area contributed by atoms with Crippen LogP contribution in [0.25, 0.3) is 33.3 Å². The number of carbonyl (C=O) groups is 5. The first kappa shape index (κ1) is 38.1. The normalized spacial score (nSPS) is 18.1. The maximum Gasteiger partial charge on any atom is 0.269 e. The fourth-order valence-corrected chi connectivity index (χ4v) is 8.73. The molecule has 15 nitrogen and oxygen atoms in total. The molecule has 0 bridgehead atoms. The topological polar surface area (TPSA) is 181 Å². The van der Waals surface area contributed by atoms with Crippen molar-refractivity contribution in [2.75, 3.05) is 38.2 Å². The zero-order valence-corrected chi connectivity index (χ0v) is 32.8. The molecule has 0 aliphatic carbocycles. The zero-order chi connectivity index (χ0) is 40.6. The van der Waals surface area contributed by atoms with Crippen LogP contribution in [0, 0.1) is 0 Å². The molecule has 59 heavy (non-hydrogen) atoms. The van der Waals surface area contributed by atoms with Crippen molar-refractivity contribution in [2.24, 2.45) is 0 Å². The van der Waals surface area contributed by atoms with E-state index < -0.39 is 11.9 Å². The van der Waals surface area contributed by atoms with Gasteiger partial charge in [0.25, 0.3) is 11.8 Å². The Labute approximate surface area is 340 Å². The average Bonchev–Trinajstić information content (AvgIpc) is 3.81. The Morgan fingerprint density at radius 2 is 1.78 bits per heavy atom. The second-order valence-electron chi connectivity index (χ2n) is 15.5. The molecule has 2 saturated heterocycles. The second kappa shape index (κ2) is 16.0. The Hall–Kier alpha value is -6.48. The van der Waals surface area contributed by atoms with Crippen LogP contribution in [0.15, 0.2) is 67.0 Å². The summed E-state index contributed by atoms with van der Waals surface area (Å²) in [6, 6.07) is 16.6. The lowest BCUT2D eigenvalue weighted by Crippen LogP contribution is -2.52. The highest BCUT2D eigenvalue weighted by atomic mass is 16.5. The first-order chi connectivity index (χ1) is 28.7. The molecule has 4 aliphatic rings. The number of ether oxygens (including phenoxy) is 1. The molecule has 2 fully saturated rings. The van der Waals surface area contributed by atoms with Gasteiger partial charge in [-0.25, -0.2) is 4.98 Å². The summed E-state index contributed by atoms with van der Waals surface area (Å²) in [6.07, 6.45) is 6.48. The number of amides is 5. The summed E-state index contributed by atoms with van der Waals surface area (Å²) in [6.45, 7) is 6.16. The fraction of sp³-hybridized carbons (Fsp3) is 0.364. The number of hydrogen-bond donors (Lipinski definition) is 3. The highest BCUT2D eigenvalue weighted by Crippen LogP contribution is 2.38. The van der Waals surface area contributed by atoms with Gasteiger partial charge in [0.05, 0.1) is 29.2 Å². The number of hydrogen-bond acceptors (Lipinski definition) is 10. The van der Waals surface area contributed by atoms with E-state index in [4.69, 9.17) is 14.7 Å². The molecule has 15 heteroatoms. The number of rotatable bonds is 10. The summed E-state index contributed by atoms with van der Waals surface area (Å²) >= 11 is 0. The zero-order valence-electron chi connectivity index (χ0n) is 32.8. The lowest BCUT2D eigenvalue weighted by Gasteiger charge is -2.30.